The molecule has 1 unspecified atom stereocenters. The minimum atomic E-state index is -3.02. The van der Waals surface area contributed by atoms with Crippen LogP contribution in [0.25, 0.3) is 0 Å². The lowest BCUT2D eigenvalue weighted by Gasteiger charge is -2.32. The number of carbonyl (C=O) groups is 1. The van der Waals surface area contributed by atoms with Gasteiger partial charge in [-0.3, -0.25) is 4.79 Å². The highest BCUT2D eigenvalue weighted by Crippen LogP contribution is 2.32. The summed E-state index contributed by atoms with van der Waals surface area (Å²) < 4.78 is 23.7. The fraction of sp³-hybridized carbons (Fsp3) is 0.588. The molecule has 0 aromatic heterocycles. The molecule has 1 aromatic carbocycles. The van der Waals surface area contributed by atoms with Gasteiger partial charge in [0.05, 0.1) is 23.2 Å². The van der Waals surface area contributed by atoms with Crippen molar-refractivity contribution in [3.8, 4) is 0 Å². The number of hydrogen-bond donors (Lipinski definition) is 0. The molecule has 1 aliphatic rings. The molecule has 0 spiro atoms. The maximum atomic E-state index is 12.6. The van der Waals surface area contributed by atoms with Gasteiger partial charge in [0, 0.05) is 6.42 Å². The Kier molecular flexibility index (Phi) is 5.27. The van der Waals surface area contributed by atoms with E-state index in [1.807, 2.05) is 25.1 Å². The van der Waals surface area contributed by atoms with Gasteiger partial charge in [-0.1, -0.05) is 39.0 Å². The first kappa shape index (κ1) is 17.0. The summed E-state index contributed by atoms with van der Waals surface area (Å²) in [6.07, 6.45) is 2.58. The first-order valence-electron chi connectivity index (χ1n) is 8.06. The van der Waals surface area contributed by atoms with Gasteiger partial charge >= 0.3 is 0 Å². The summed E-state index contributed by atoms with van der Waals surface area (Å²) in [5.41, 5.74) is 3.18. The monoisotopic (exact) mass is 323 g/mol. The smallest absolute Gasteiger partial charge is 0.227 e. The minimum absolute atomic E-state index is 0.0118. The van der Waals surface area contributed by atoms with Crippen molar-refractivity contribution in [3.63, 3.8) is 0 Å². The molecule has 1 saturated heterocycles. The third-order valence-electron chi connectivity index (χ3n) is 4.35. The molecule has 1 heterocycles. The van der Waals surface area contributed by atoms with Crippen molar-refractivity contribution in [2.45, 2.75) is 52.5 Å². The Morgan fingerprint density at radius 2 is 1.77 bits per heavy atom. The molecule has 0 aliphatic carbocycles. The molecular weight excluding hydrogens is 298 g/mol. The molecule has 1 fully saturated rings. The minimum Gasteiger partial charge on any atom is -0.308 e. The first-order valence-corrected chi connectivity index (χ1v) is 9.88. The average molecular weight is 323 g/mol. The van der Waals surface area contributed by atoms with Crippen LogP contribution in [0, 0.1) is 0 Å². The summed E-state index contributed by atoms with van der Waals surface area (Å²) in [4.78, 5) is 14.4. The van der Waals surface area contributed by atoms with Crippen LogP contribution in [0.15, 0.2) is 18.2 Å². The van der Waals surface area contributed by atoms with Crippen LogP contribution >= 0.6 is 0 Å². The molecule has 0 saturated carbocycles. The lowest BCUT2D eigenvalue weighted by molar-refractivity contribution is -0.118. The van der Waals surface area contributed by atoms with Gasteiger partial charge < -0.3 is 4.90 Å². The number of nitrogens with zero attached hydrogens (tertiary/aromatic N) is 1. The average Bonchev–Trinajstić information content (AvgIpc) is 2.87. The normalized spacial score (nSPS) is 20.0. The van der Waals surface area contributed by atoms with E-state index < -0.39 is 9.84 Å². The maximum absolute atomic E-state index is 12.6. The largest absolute Gasteiger partial charge is 0.308 e. The number of aryl methyl sites for hydroxylation is 2. The van der Waals surface area contributed by atoms with Crippen LogP contribution in [0.2, 0.25) is 0 Å². The van der Waals surface area contributed by atoms with Gasteiger partial charge in [0.25, 0.3) is 0 Å². The highest BCUT2D eigenvalue weighted by Gasteiger charge is 2.36. The molecule has 1 aliphatic heterocycles. The number of anilines is 1. The van der Waals surface area contributed by atoms with Gasteiger partial charge in [0.15, 0.2) is 9.84 Å². The third-order valence-corrected chi connectivity index (χ3v) is 6.10. The van der Waals surface area contributed by atoms with Crippen molar-refractivity contribution < 1.29 is 13.2 Å². The number of sulfone groups is 1. The summed E-state index contributed by atoms with van der Waals surface area (Å²) in [5.74, 6) is 0.276. The van der Waals surface area contributed by atoms with E-state index in [2.05, 4.69) is 13.8 Å². The molecule has 1 aromatic rings. The van der Waals surface area contributed by atoms with Gasteiger partial charge in [-0.25, -0.2) is 8.42 Å². The second-order valence-electron chi connectivity index (χ2n) is 5.81. The van der Waals surface area contributed by atoms with Crippen LogP contribution in [-0.2, 0) is 27.5 Å². The summed E-state index contributed by atoms with van der Waals surface area (Å²) in [5, 5.41) is 0. The van der Waals surface area contributed by atoms with Crippen molar-refractivity contribution in [1.82, 2.24) is 0 Å². The fourth-order valence-corrected chi connectivity index (χ4v) is 4.88. The van der Waals surface area contributed by atoms with Gasteiger partial charge in [-0.15, -0.1) is 0 Å². The van der Waals surface area contributed by atoms with Crippen LogP contribution < -0.4 is 4.90 Å². The number of hydrogen-bond acceptors (Lipinski definition) is 3. The van der Waals surface area contributed by atoms with Crippen molar-refractivity contribution in [1.29, 1.82) is 0 Å². The van der Waals surface area contributed by atoms with Crippen molar-refractivity contribution in [3.05, 3.63) is 29.3 Å². The number of benzene rings is 1. The molecule has 4 nitrogen and oxygen atoms in total. The lowest BCUT2D eigenvalue weighted by atomic mass is 9.99. The zero-order chi connectivity index (χ0) is 16.3. The Bertz CT molecular complexity index is 630. The number of carbonyl (C=O) groups excluding carboxylic acids is 1. The van der Waals surface area contributed by atoms with Crippen molar-refractivity contribution >= 4 is 21.4 Å². The molecule has 0 bridgehead atoms. The van der Waals surface area contributed by atoms with Gasteiger partial charge in [-0.05, 0) is 30.4 Å². The van der Waals surface area contributed by atoms with Crippen LogP contribution in [0.5, 0.6) is 0 Å². The highest BCUT2D eigenvalue weighted by molar-refractivity contribution is 7.91. The summed E-state index contributed by atoms with van der Waals surface area (Å²) >= 11 is 0. The molecular formula is C17H25NO3S. The molecule has 122 valence electrons. The SMILES string of the molecule is CCC(=O)N(c1c(CC)cccc1CC)C1CCS(=O)(=O)C1. The van der Waals surface area contributed by atoms with Crippen molar-refractivity contribution in [2.75, 3.05) is 16.4 Å². The number of rotatable bonds is 5. The zero-order valence-corrected chi connectivity index (χ0v) is 14.4. The van der Waals surface area contributed by atoms with Gasteiger partial charge in [-0.2, -0.15) is 0 Å². The van der Waals surface area contributed by atoms with Crippen LogP contribution in [0.3, 0.4) is 0 Å². The number of amides is 1. The van der Waals surface area contributed by atoms with Gasteiger partial charge in [0.2, 0.25) is 5.91 Å². The summed E-state index contributed by atoms with van der Waals surface area (Å²) in [6.45, 7) is 5.97. The van der Waals surface area contributed by atoms with E-state index in [0.29, 0.717) is 12.8 Å². The number of para-hydroxylation sites is 1. The molecule has 0 radical (unpaired) electrons. The summed E-state index contributed by atoms with van der Waals surface area (Å²) in [7, 11) is -3.02. The Labute approximate surface area is 133 Å². The standard InChI is InChI=1S/C17H25NO3S/c1-4-13-8-7-9-14(5-2)17(13)18(16(19)6-3)15-10-11-22(20,21)12-15/h7-9,15H,4-6,10-12H2,1-3H3. The van der Waals surface area contributed by atoms with Crippen LogP contribution in [0.1, 0.15) is 44.7 Å². The van der Waals surface area contributed by atoms with E-state index in [-0.39, 0.29) is 23.5 Å². The molecule has 2 rings (SSSR count). The van der Waals surface area contributed by atoms with Crippen molar-refractivity contribution in [2.24, 2.45) is 0 Å². The molecule has 5 heteroatoms. The molecule has 22 heavy (non-hydrogen) atoms. The van der Waals surface area contributed by atoms with Gasteiger partial charge in [0.1, 0.15) is 0 Å². The van der Waals surface area contributed by atoms with Crippen LogP contribution in [-0.4, -0.2) is 31.9 Å². The second kappa shape index (κ2) is 6.82. The topological polar surface area (TPSA) is 54.5 Å². The van der Waals surface area contributed by atoms with Crippen LogP contribution in [0.4, 0.5) is 5.69 Å². The van der Waals surface area contributed by atoms with E-state index in [1.165, 1.54) is 0 Å². The van der Waals surface area contributed by atoms with E-state index in [1.54, 1.807) is 4.90 Å². The van der Waals surface area contributed by atoms with E-state index in [0.717, 1.165) is 29.7 Å². The Balaban J connectivity index is 2.53. The predicted molar refractivity (Wildman–Crippen MR) is 90.0 cm³/mol. The zero-order valence-electron chi connectivity index (χ0n) is 13.6. The maximum Gasteiger partial charge on any atom is 0.227 e. The van der Waals surface area contributed by atoms with E-state index in [9.17, 15) is 13.2 Å². The molecule has 0 N–H and O–H groups in total. The Hall–Kier alpha value is -1.36. The third kappa shape index (κ3) is 3.35. The fourth-order valence-electron chi connectivity index (χ4n) is 3.18. The Morgan fingerprint density at radius 1 is 1.18 bits per heavy atom. The molecule has 1 amide bonds. The lowest BCUT2D eigenvalue weighted by Crippen LogP contribution is -2.42. The van der Waals surface area contributed by atoms with E-state index in [4.69, 9.17) is 0 Å². The quantitative estimate of drug-likeness (QED) is 0.837. The Morgan fingerprint density at radius 3 is 2.18 bits per heavy atom. The highest BCUT2D eigenvalue weighted by atomic mass is 32.2. The first-order chi connectivity index (χ1) is 10.4. The van der Waals surface area contributed by atoms with E-state index >= 15 is 0 Å². The predicted octanol–water partition coefficient (Wildman–Crippen LogP) is 2.74. The summed E-state index contributed by atoms with van der Waals surface area (Å²) in [6, 6.07) is 5.86. The second-order valence-corrected chi connectivity index (χ2v) is 8.03. The molecule has 1 atom stereocenters.